The van der Waals surface area contributed by atoms with Crippen LogP contribution in [0, 0.1) is 0 Å². The fraction of sp³-hybridized carbons (Fsp3) is 0.333. The smallest absolute Gasteiger partial charge is 0.314 e. The third kappa shape index (κ3) is 2.30. The van der Waals surface area contributed by atoms with Crippen LogP contribution in [0.4, 0.5) is 0 Å². The fourth-order valence-electron chi connectivity index (χ4n) is 1.15. The molecule has 1 aromatic rings. The molecule has 0 fully saturated rings. The summed E-state index contributed by atoms with van der Waals surface area (Å²) in [5.74, 6) is -0.802. The lowest BCUT2D eigenvalue weighted by atomic mass is 10.0. The van der Waals surface area contributed by atoms with Crippen molar-refractivity contribution < 1.29 is 9.53 Å². The van der Waals surface area contributed by atoms with E-state index in [4.69, 9.17) is 5.73 Å². The Morgan fingerprint density at radius 1 is 1.79 bits per heavy atom. The predicted octanol–water partition coefficient (Wildman–Crippen LogP) is 1.06. The number of carbonyl (C=O) groups excluding carboxylic acids is 1. The van der Waals surface area contributed by atoms with Crippen LogP contribution in [0.5, 0.6) is 0 Å². The molecule has 0 aromatic carbocycles. The first-order valence-corrected chi connectivity index (χ1v) is 4.88. The summed E-state index contributed by atoms with van der Waals surface area (Å²) < 4.78 is 5.27. The van der Waals surface area contributed by atoms with Crippen LogP contribution in [0.15, 0.2) is 22.9 Å². The zero-order valence-electron chi connectivity index (χ0n) is 7.74. The summed E-state index contributed by atoms with van der Waals surface area (Å²) in [4.78, 5) is 15.4. The maximum absolute atomic E-state index is 11.3. The van der Waals surface area contributed by atoms with Crippen molar-refractivity contribution in [2.45, 2.75) is 5.92 Å². The van der Waals surface area contributed by atoms with Gasteiger partial charge >= 0.3 is 5.97 Å². The number of nitrogens with two attached hydrogens (primary N) is 1. The van der Waals surface area contributed by atoms with Crippen LogP contribution in [0.3, 0.4) is 0 Å². The number of hydrogen-bond acceptors (Lipinski definition) is 4. The van der Waals surface area contributed by atoms with Gasteiger partial charge in [0.05, 0.1) is 13.0 Å². The lowest BCUT2D eigenvalue weighted by Crippen LogP contribution is -2.23. The number of nitrogens with zero attached hydrogens (tertiary/aromatic N) is 1. The highest BCUT2D eigenvalue weighted by Gasteiger charge is 2.22. The minimum Gasteiger partial charge on any atom is -0.469 e. The molecular weight excluding hydrogens is 248 g/mol. The van der Waals surface area contributed by atoms with Crippen LogP contribution in [-0.4, -0.2) is 24.6 Å². The SMILES string of the molecule is COC(=O)C(CN)c1cccnc1Br. The second-order valence-corrected chi connectivity index (χ2v) is 3.45. The Bertz CT molecular complexity index is 330. The lowest BCUT2D eigenvalue weighted by Gasteiger charge is -2.13. The molecule has 0 aliphatic heterocycles. The van der Waals surface area contributed by atoms with Crippen molar-refractivity contribution >= 4 is 21.9 Å². The highest BCUT2D eigenvalue weighted by atomic mass is 79.9. The van der Waals surface area contributed by atoms with E-state index < -0.39 is 5.92 Å². The topological polar surface area (TPSA) is 65.2 Å². The Morgan fingerprint density at radius 2 is 2.50 bits per heavy atom. The van der Waals surface area contributed by atoms with Gasteiger partial charge in [-0.2, -0.15) is 0 Å². The molecule has 76 valence electrons. The number of hydrogen-bond donors (Lipinski definition) is 1. The Labute approximate surface area is 90.6 Å². The van der Waals surface area contributed by atoms with Crippen molar-refractivity contribution in [3.63, 3.8) is 0 Å². The van der Waals surface area contributed by atoms with Gasteiger partial charge in [-0.3, -0.25) is 4.79 Å². The molecule has 0 spiro atoms. The summed E-state index contributed by atoms with van der Waals surface area (Å²) in [5.41, 5.74) is 6.25. The molecule has 0 radical (unpaired) electrons. The van der Waals surface area contributed by atoms with E-state index in [1.807, 2.05) is 0 Å². The second kappa shape index (κ2) is 5.07. The van der Waals surface area contributed by atoms with Gasteiger partial charge in [0.15, 0.2) is 0 Å². The average Bonchev–Trinajstić information content (AvgIpc) is 2.21. The monoisotopic (exact) mass is 258 g/mol. The van der Waals surface area contributed by atoms with Crippen LogP contribution >= 0.6 is 15.9 Å². The number of carbonyl (C=O) groups is 1. The van der Waals surface area contributed by atoms with Gasteiger partial charge in [0.2, 0.25) is 0 Å². The summed E-state index contributed by atoms with van der Waals surface area (Å²) in [5, 5.41) is 0. The zero-order chi connectivity index (χ0) is 10.6. The minimum atomic E-state index is -0.455. The highest BCUT2D eigenvalue weighted by Crippen LogP contribution is 2.22. The average molecular weight is 259 g/mol. The zero-order valence-corrected chi connectivity index (χ0v) is 9.32. The van der Waals surface area contributed by atoms with Crippen LogP contribution in [0.1, 0.15) is 11.5 Å². The van der Waals surface area contributed by atoms with Gasteiger partial charge in [-0.25, -0.2) is 4.98 Å². The molecule has 1 heterocycles. The first-order valence-electron chi connectivity index (χ1n) is 4.09. The van der Waals surface area contributed by atoms with Crippen LogP contribution in [0.25, 0.3) is 0 Å². The number of pyridine rings is 1. The Kier molecular flexibility index (Phi) is 4.03. The number of esters is 1. The van der Waals surface area contributed by atoms with Crippen molar-refractivity contribution in [3.8, 4) is 0 Å². The van der Waals surface area contributed by atoms with Crippen molar-refractivity contribution in [1.29, 1.82) is 0 Å². The summed E-state index contributed by atoms with van der Waals surface area (Å²) in [6.07, 6.45) is 1.64. The normalized spacial score (nSPS) is 12.2. The number of aromatic nitrogens is 1. The maximum atomic E-state index is 11.3. The van der Waals surface area contributed by atoms with E-state index in [2.05, 4.69) is 25.7 Å². The van der Waals surface area contributed by atoms with E-state index >= 15 is 0 Å². The van der Waals surface area contributed by atoms with Crippen molar-refractivity contribution in [2.75, 3.05) is 13.7 Å². The van der Waals surface area contributed by atoms with E-state index in [1.165, 1.54) is 7.11 Å². The molecule has 0 amide bonds. The predicted molar refractivity (Wildman–Crippen MR) is 55.7 cm³/mol. The molecule has 2 N–H and O–H groups in total. The number of methoxy groups -OCH3 is 1. The molecule has 0 aliphatic rings. The van der Waals surface area contributed by atoms with Gasteiger partial charge in [-0.1, -0.05) is 6.07 Å². The van der Waals surface area contributed by atoms with Gasteiger partial charge in [-0.15, -0.1) is 0 Å². The van der Waals surface area contributed by atoms with Crippen LogP contribution < -0.4 is 5.73 Å². The quantitative estimate of drug-likeness (QED) is 0.651. The molecule has 4 nitrogen and oxygen atoms in total. The number of halogens is 1. The summed E-state index contributed by atoms with van der Waals surface area (Å²) >= 11 is 3.26. The van der Waals surface area contributed by atoms with Gasteiger partial charge < -0.3 is 10.5 Å². The Balaban J connectivity index is 3.01. The Hall–Kier alpha value is -0.940. The molecule has 1 atom stereocenters. The molecule has 14 heavy (non-hydrogen) atoms. The Morgan fingerprint density at radius 3 is 3.00 bits per heavy atom. The van der Waals surface area contributed by atoms with E-state index in [9.17, 15) is 4.79 Å². The van der Waals surface area contributed by atoms with Gasteiger partial charge in [-0.05, 0) is 22.0 Å². The largest absolute Gasteiger partial charge is 0.469 e. The maximum Gasteiger partial charge on any atom is 0.314 e. The van der Waals surface area contributed by atoms with Crippen LogP contribution in [-0.2, 0) is 9.53 Å². The minimum absolute atomic E-state index is 0.205. The summed E-state index contributed by atoms with van der Waals surface area (Å²) in [6.45, 7) is 0.205. The second-order valence-electron chi connectivity index (χ2n) is 2.69. The molecule has 1 aromatic heterocycles. The molecule has 0 bridgehead atoms. The molecule has 0 saturated heterocycles. The van der Waals surface area contributed by atoms with E-state index in [0.717, 1.165) is 5.56 Å². The van der Waals surface area contributed by atoms with Crippen LogP contribution in [0.2, 0.25) is 0 Å². The number of rotatable bonds is 3. The molecule has 1 unspecified atom stereocenters. The standard InChI is InChI=1S/C9H11BrN2O2/c1-14-9(13)7(5-11)6-3-2-4-12-8(6)10/h2-4,7H,5,11H2,1H3. The molecular formula is C9H11BrN2O2. The van der Waals surface area contributed by atoms with Gasteiger partial charge in [0.1, 0.15) is 4.60 Å². The molecule has 0 aliphatic carbocycles. The van der Waals surface area contributed by atoms with Gasteiger partial charge in [0.25, 0.3) is 0 Å². The first-order chi connectivity index (χ1) is 6.70. The fourth-order valence-corrected chi connectivity index (χ4v) is 1.68. The third-order valence-electron chi connectivity index (χ3n) is 1.88. The summed E-state index contributed by atoms with van der Waals surface area (Å²) in [6, 6.07) is 3.55. The van der Waals surface area contributed by atoms with E-state index in [-0.39, 0.29) is 12.5 Å². The third-order valence-corrected chi connectivity index (χ3v) is 2.55. The van der Waals surface area contributed by atoms with E-state index in [0.29, 0.717) is 4.60 Å². The summed E-state index contributed by atoms with van der Waals surface area (Å²) in [7, 11) is 1.34. The van der Waals surface area contributed by atoms with Crippen molar-refractivity contribution in [2.24, 2.45) is 5.73 Å². The van der Waals surface area contributed by atoms with E-state index in [1.54, 1.807) is 18.3 Å². The molecule has 1 rings (SSSR count). The molecule has 5 heteroatoms. The lowest BCUT2D eigenvalue weighted by molar-refractivity contribution is -0.142. The van der Waals surface area contributed by atoms with Crippen molar-refractivity contribution in [1.82, 2.24) is 4.98 Å². The van der Waals surface area contributed by atoms with Crippen molar-refractivity contribution in [3.05, 3.63) is 28.5 Å². The first kappa shape index (κ1) is 11.1. The molecule has 0 saturated carbocycles. The number of ether oxygens (including phenoxy) is 1. The highest BCUT2D eigenvalue weighted by molar-refractivity contribution is 9.10. The van der Waals surface area contributed by atoms with Gasteiger partial charge in [0, 0.05) is 18.3 Å².